The summed E-state index contributed by atoms with van der Waals surface area (Å²) in [6.45, 7) is 7.45. The number of carbonyl (C=O) groups excluding carboxylic acids is 1. The fraction of sp³-hybridized carbons (Fsp3) is 0.611. The van der Waals surface area contributed by atoms with E-state index in [-0.39, 0.29) is 18.6 Å². The van der Waals surface area contributed by atoms with Gasteiger partial charge in [0.15, 0.2) is 6.61 Å². The molecule has 5 nitrogen and oxygen atoms in total. The summed E-state index contributed by atoms with van der Waals surface area (Å²) in [6.07, 6.45) is 2.59. The molecule has 0 radical (unpaired) electrons. The van der Waals surface area contributed by atoms with Crippen molar-refractivity contribution in [3.05, 3.63) is 29.3 Å². The lowest BCUT2D eigenvalue weighted by Crippen LogP contribution is -2.50. The van der Waals surface area contributed by atoms with Gasteiger partial charge in [0.1, 0.15) is 5.75 Å². The Morgan fingerprint density at radius 1 is 1.39 bits per heavy atom. The first-order chi connectivity index (χ1) is 11.1. The molecule has 0 aromatic heterocycles. The lowest BCUT2D eigenvalue weighted by atomic mass is 10.1. The molecule has 1 amide bonds. The van der Waals surface area contributed by atoms with Crippen LogP contribution in [0.2, 0.25) is 0 Å². The van der Waals surface area contributed by atoms with Crippen molar-refractivity contribution in [1.29, 1.82) is 0 Å². The number of hydrogen-bond donors (Lipinski definition) is 1. The molecule has 0 bridgehead atoms. The highest BCUT2D eigenvalue weighted by Crippen LogP contribution is 2.23. The molecule has 2 fully saturated rings. The first kappa shape index (κ1) is 16.3. The second-order valence-corrected chi connectivity index (χ2v) is 6.56. The second-order valence-electron chi connectivity index (χ2n) is 6.56. The monoisotopic (exact) mass is 318 g/mol. The molecule has 2 atom stereocenters. The number of hydrogen-bond acceptors (Lipinski definition) is 4. The van der Waals surface area contributed by atoms with Crippen LogP contribution in [0.4, 0.5) is 0 Å². The molecular weight excluding hydrogens is 292 g/mol. The summed E-state index contributed by atoms with van der Waals surface area (Å²) < 4.78 is 11.5. The number of fused-ring (bicyclic) bond motifs is 1. The van der Waals surface area contributed by atoms with Crippen molar-refractivity contribution >= 4 is 5.91 Å². The van der Waals surface area contributed by atoms with Crippen LogP contribution in [0.1, 0.15) is 24.0 Å². The molecule has 1 N–H and O–H groups in total. The fourth-order valence-electron chi connectivity index (χ4n) is 3.45. The zero-order valence-corrected chi connectivity index (χ0v) is 14.0. The molecule has 5 heteroatoms. The van der Waals surface area contributed by atoms with E-state index in [1.54, 1.807) is 0 Å². The van der Waals surface area contributed by atoms with Gasteiger partial charge in [-0.3, -0.25) is 9.69 Å². The van der Waals surface area contributed by atoms with E-state index in [0.29, 0.717) is 12.6 Å². The number of nitrogens with one attached hydrogen (secondary N) is 1. The van der Waals surface area contributed by atoms with Crippen molar-refractivity contribution in [3.63, 3.8) is 0 Å². The van der Waals surface area contributed by atoms with Crippen molar-refractivity contribution in [2.45, 2.75) is 38.8 Å². The Morgan fingerprint density at radius 3 is 2.96 bits per heavy atom. The highest BCUT2D eigenvalue weighted by Gasteiger charge is 2.32. The molecule has 2 saturated heterocycles. The minimum atomic E-state index is -0.0974. The zero-order valence-electron chi connectivity index (χ0n) is 14.0. The third-order valence-electron chi connectivity index (χ3n) is 4.74. The molecule has 2 aliphatic heterocycles. The van der Waals surface area contributed by atoms with Crippen LogP contribution in [0.3, 0.4) is 0 Å². The maximum absolute atomic E-state index is 12.0. The van der Waals surface area contributed by atoms with Gasteiger partial charge in [-0.2, -0.15) is 0 Å². The van der Waals surface area contributed by atoms with Gasteiger partial charge in [0.25, 0.3) is 5.91 Å². The molecule has 1 aromatic rings. The van der Waals surface area contributed by atoms with E-state index in [2.05, 4.69) is 10.2 Å². The van der Waals surface area contributed by atoms with Crippen LogP contribution in [0.15, 0.2) is 18.2 Å². The number of aryl methyl sites for hydroxylation is 2. The molecule has 126 valence electrons. The number of para-hydroxylation sites is 1. The minimum absolute atomic E-state index is 0.0464. The Morgan fingerprint density at radius 2 is 2.17 bits per heavy atom. The predicted molar refractivity (Wildman–Crippen MR) is 88.8 cm³/mol. The third kappa shape index (κ3) is 4.03. The van der Waals surface area contributed by atoms with Gasteiger partial charge in [0, 0.05) is 19.1 Å². The molecular formula is C18H26N2O3. The van der Waals surface area contributed by atoms with Crippen molar-refractivity contribution in [2.75, 3.05) is 32.8 Å². The van der Waals surface area contributed by atoms with E-state index in [0.717, 1.165) is 36.6 Å². The molecule has 2 aliphatic rings. The molecule has 23 heavy (non-hydrogen) atoms. The molecule has 0 spiro atoms. The van der Waals surface area contributed by atoms with Crippen LogP contribution in [0, 0.1) is 13.8 Å². The minimum Gasteiger partial charge on any atom is -0.483 e. The summed E-state index contributed by atoms with van der Waals surface area (Å²) in [7, 11) is 0. The molecule has 2 heterocycles. The summed E-state index contributed by atoms with van der Waals surface area (Å²) >= 11 is 0. The van der Waals surface area contributed by atoms with Crippen molar-refractivity contribution < 1.29 is 14.3 Å². The van der Waals surface area contributed by atoms with Gasteiger partial charge >= 0.3 is 0 Å². The Bertz CT molecular complexity index is 541. The summed E-state index contributed by atoms with van der Waals surface area (Å²) in [5, 5.41) is 2.93. The molecule has 0 unspecified atom stereocenters. The van der Waals surface area contributed by atoms with Crippen LogP contribution < -0.4 is 10.1 Å². The van der Waals surface area contributed by atoms with Gasteiger partial charge in [-0.1, -0.05) is 18.2 Å². The summed E-state index contributed by atoms with van der Waals surface area (Å²) in [5.41, 5.74) is 2.10. The van der Waals surface area contributed by atoms with E-state index in [9.17, 15) is 4.79 Å². The van der Waals surface area contributed by atoms with Gasteiger partial charge in [-0.05, 0) is 44.4 Å². The highest BCUT2D eigenvalue weighted by molar-refractivity contribution is 5.77. The number of benzene rings is 1. The molecule has 1 aromatic carbocycles. The average Bonchev–Trinajstić information content (AvgIpc) is 3.00. The van der Waals surface area contributed by atoms with Gasteiger partial charge in [0.05, 0.1) is 12.7 Å². The number of carbonyl (C=O) groups is 1. The smallest absolute Gasteiger partial charge is 0.258 e. The van der Waals surface area contributed by atoms with Crippen molar-refractivity contribution in [3.8, 4) is 5.75 Å². The predicted octanol–water partition coefficient (Wildman–Crippen LogP) is 1.66. The molecule has 3 rings (SSSR count). The van der Waals surface area contributed by atoms with Crippen LogP contribution >= 0.6 is 0 Å². The van der Waals surface area contributed by atoms with E-state index in [4.69, 9.17) is 9.47 Å². The van der Waals surface area contributed by atoms with E-state index in [1.165, 1.54) is 12.8 Å². The summed E-state index contributed by atoms with van der Waals surface area (Å²) in [6, 6.07) is 6.56. The molecule has 0 saturated carbocycles. The van der Waals surface area contributed by atoms with Crippen LogP contribution in [0.25, 0.3) is 0 Å². The Balaban J connectivity index is 1.41. The lowest BCUT2D eigenvalue weighted by molar-refractivity contribution is -0.124. The van der Waals surface area contributed by atoms with Crippen molar-refractivity contribution in [2.24, 2.45) is 0 Å². The largest absolute Gasteiger partial charge is 0.483 e. The number of rotatable bonds is 5. The van der Waals surface area contributed by atoms with Crippen molar-refractivity contribution in [1.82, 2.24) is 10.2 Å². The topological polar surface area (TPSA) is 50.8 Å². The van der Waals surface area contributed by atoms with Gasteiger partial charge in [0.2, 0.25) is 0 Å². The number of ether oxygens (including phenoxy) is 2. The first-order valence-electron chi connectivity index (χ1n) is 8.45. The first-order valence-corrected chi connectivity index (χ1v) is 8.45. The Labute approximate surface area is 137 Å². The van der Waals surface area contributed by atoms with Gasteiger partial charge in [-0.25, -0.2) is 0 Å². The highest BCUT2D eigenvalue weighted by atomic mass is 16.5. The Kier molecular flexibility index (Phi) is 5.18. The summed E-state index contributed by atoms with van der Waals surface area (Å²) in [5.74, 6) is 0.705. The normalized spacial score (nSPS) is 24.3. The van der Waals surface area contributed by atoms with Crippen LogP contribution in [-0.2, 0) is 9.53 Å². The van der Waals surface area contributed by atoms with Crippen LogP contribution in [0.5, 0.6) is 5.75 Å². The quantitative estimate of drug-likeness (QED) is 0.897. The molecule has 0 aliphatic carbocycles. The van der Waals surface area contributed by atoms with E-state index < -0.39 is 0 Å². The van der Waals surface area contributed by atoms with E-state index >= 15 is 0 Å². The number of morpholine rings is 1. The average molecular weight is 318 g/mol. The van der Waals surface area contributed by atoms with Crippen LogP contribution in [-0.4, -0.2) is 55.8 Å². The third-order valence-corrected chi connectivity index (χ3v) is 4.74. The van der Waals surface area contributed by atoms with E-state index in [1.807, 2.05) is 32.0 Å². The second kappa shape index (κ2) is 7.32. The summed E-state index contributed by atoms with van der Waals surface area (Å²) in [4.78, 5) is 14.5. The zero-order chi connectivity index (χ0) is 16.2. The van der Waals surface area contributed by atoms with Gasteiger partial charge < -0.3 is 14.8 Å². The standard InChI is InChI=1S/C18H26N2O3/c1-13-5-3-6-14(2)18(13)23-12-17(21)19-9-16-10-20-8-4-7-15(20)11-22-16/h3,5-6,15-16H,4,7-12H2,1-2H3,(H,19,21)/t15-,16-/m0/s1. The Hall–Kier alpha value is -1.59. The number of nitrogens with zero attached hydrogens (tertiary/aromatic N) is 1. The number of amides is 1. The maximum Gasteiger partial charge on any atom is 0.258 e. The lowest BCUT2D eigenvalue weighted by Gasteiger charge is -2.35. The fourth-order valence-corrected chi connectivity index (χ4v) is 3.45. The maximum atomic E-state index is 12.0. The van der Waals surface area contributed by atoms with Gasteiger partial charge in [-0.15, -0.1) is 0 Å². The SMILES string of the molecule is Cc1cccc(C)c1OCC(=O)NC[C@H]1CN2CCC[C@H]2CO1.